The second-order valence-corrected chi connectivity index (χ2v) is 6.29. The molecule has 2 atom stereocenters. The first-order valence-corrected chi connectivity index (χ1v) is 7.58. The minimum Gasteiger partial charge on any atom is -0.501 e. The Morgan fingerprint density at radius 1 is 1.53 bits per heavy atom. The third kappa shape index (κ3) is 3.06. The Labute approximate surface area is 99.5 Å². The monoisotopic (exact) mass is 246 g/mol. The van der Waals surface area contributed by atoms with Crippen LogP contribution >= 0.6 is 23.5 Å². The average Bonchev–Trinajstić information content (AvgIpc) is 2.33. The van der Waals surface area contributed by atoms with Crippen LogP contribution < -0.4 is 11.3 Å². The predicted molar refractivity (Wildman–Crippen MR) is 68.0 cm³/mol. The molecular weight excluding hydrogens is 228 g/mol. The van der Waals surface area contributed by atoms with Gasteiger partial charge in [0, 0.05) is 22.5 Å². The summed E-state index contributed by atoms with van der Waals surface area (Å²) in [5.41, 5.74) is 4.30. The minimum absolute atomic E-state index is 0.295. The fraction of sp³-hybridized carbons (Fsp3) is 0.800. The summed E-state index contributed by atoms with van der Waals surface area (Å²) in [5.74, 6) is 9.37. The van der Waals surface area contributed by atoms with Crippen LogP contribution in [0.25, 0.3) is 0 Å². The van der Waals surface area contributed by atoms with Crippen LogP contribution in [-0.2, 0) is 4.74 Å². The molecule has 2 rings (SSSR count). The highest BCUT2D eigenvalue weighted by Gasteiger charge is 2.27. The molecule has 0 bridgehead atoms. The minimum atomic E-state index is 0.295. The van der Waals surface area contributed by atoms with E-state index >= 15 is 0 Å². The van der Waals surface area contributed by atoms with E-state index < -0.39 is 0 Å². The summed E-state index contributed by atoms with van der Waals surface area (Å²) >= 11 is 4.06. The summed E-state index contributed by atoms with van der Waals surface area (Å²) in [5, 5.41) is 0.599. The molecule has 0 aliphatic carbocycles. The molecule has 0 radical (unpaired) electrons. The van der Waals surface area contributed by atoms with Crippen molar-refractivity contribution in [3.8, 4) is 0 Å². The van der Waals surface area contributed by atoms with Crippen LogP contribution in [0.15, 0.2) is 11.8 Å². The lowest BCUT2D eigenvalue weighted by Gasteiger charge is -2.31. The second-order valence-electron chi connectivity index (χ2n) is 3.80. The Bertz CT molecular complexity index is 229. The summed E-state index contributed by atoms with van der Waals surface area (Å²) in [6.45, 7) is 0.855. The van der Waals surface area contributed by atoms with E-state index in [0.29, 0.717) is 11.3 Å². The number of rotatable bonds is 3. The van der Waals surface area contributed by atoms with Gasteiger partial charge >= 0.3 is 0 Å². The Kier molecular flexibility index (Phi) is 4.68. The molecule has 0 aromatic heterocycles. The molecule has 0 aromatic carbocycles. The van der Waals surface area contributed by atoms with E-state index in [0.717, 1.165) is 19.4 Å². The lowest BCUT2D eigenvalue weighted by atomic mass is 10.0. The molecule has 15 heavy (non-hydrogen) atoms. The van der Waals surface area contributed by atoms with E-state index in [2.05, 4.69) is 5.43 Å². The molecule has 0 spiro atoms. The molecular formula is C10H18N2OS2. The third-order valence-electron chi connectivity index (χ3n) is 2.75. The summed E-state index contributed by atoms with van der Waals surface area (Å²) in [6, 6.07) is 0.295. The molecule has 0 aromatic rings. The van der Waals surface area contributed by atoms with Gasteiger partial charge in [0.05, 0.1) is 18.9 Å². The number of nitrogens with one attached hydrogen (secondary N) is 1. The standard InChI is InChI=1S/C10H18N2OS2/c11-12-10(8-2-1-3-13-6-8)9-7-14-4-5-15-9/h6,9-10,12H,1-5,7,11H2. The van der Waals surface area contributed by atoms with Gasteiger partial charge in [-0.1, -0.05) is 0 Å². The Morgan fingerprint density at radius 3 is 3.07 bits per heavy atom. The lowest BCUT2D eigenvalue weighted by molar-refractivity contribution is 0.219. The van der Waals surface area contributed by atoms with E-state index in [1.807, 2.05) is 29.8 Å². The van der Waals surface area contributed by atoms with Gasteiger partial charge in [-0.2, -0.15) is 23.5 Å². The van der Waals surface area contributed by atoms with Crippen molar-refractivity contribution in [3.05, 3.63) is 11.8 Å². The highest BCUT2D eigenvalue weighted by molar-refractivity contribution is 8.06. The first-order valence-electron chi connectivity index (χ1n) is 5.38. The van der Waals surface area contributed by atoms with Crippen molar-refractivity contribution in [2.75, 3.05) is 23.9 Å². The van der Waals surface area contributed by atoms with Crippen LogP contribution in [0, 0.1) is 0 Å². The molecule has 0 amide bonds. The van der Waals surface area contributed by atoms with Crippen molar-refractivity contribution in [1.82, 2.24) is 5.43 Å². The van der Waals surface area contributed by atoms with Crippen molar-refractivity contribution >= 4 is 23.5 Å². The van der Waals surface area contributed by atoms with Crippen LogP contribution in [0.3, 0.4) is 0 Å². The molecule has 86 valence electrons. The van der Waals surface area contributed by atoms with Crippen LogP contribution in [0.5, 0.6) is 0 Å². The SMILES string of the molecule is NNC(C1=COCCC1)C1CSCCS1. The normalized spacial score (nSPS) is 29.1. The molecule has 2 unspecified atom stereocenters. The first kappa shape index (κ1) is 11.6. The number of ether oxygens (including phenoxy) is 1. The molecule has 3 nitrogen and oxygen atoms in total. The van der Waals surface area contributed by atoms with Crippen LogP contribution in [0.2, 0.25) is 0 Å². The van der Waals surface area contributed by atoms with Crippen LogP contribution in [0.4, 0.5) is 0 Å². The van der Waals surface area contributed by atoms with Crippen LogP contribution in [-0.4, -0.2) is 35.2 Å². The highest BCUT2D eigenvalue weighted by Crippen LogP contribution is 2.30. The predicted octanol–water partition coefficient (Wildman–Crippen LogP) is 1.36. The van der Waals surface area contributed by atoms with Gasteiger partial charge in [0.25, 0.3) is 0 Å². The maximum Gasteiger partial charge on any atom is 0.0876 e. The van der Waals surface area contributed by atoms with Gasteiger partial charge in [-0.05, 0) is 18.4 Å². The van der Waals surface area contributed by atoms with Crippen molar-refractivity contribution < 1.29 is 4.74 Å². The average molecular weight is 246 g/mol. The Morgan fingerprint density at radius 2 is 2.47 bits per heavy atom. The smallest absolute Gasteiger partial charge is 0.0876 e. The van der Waals surface area contributed by atoms with Crippen LogP contribution in [0.1, 0.15) is 12.8 Å². The Hall–Kier alpha value is 0.160. The lowest BCUT2D eigenvalue weighted by Crippen LogP contribution is -2.46. The number of hydrazine groups is 1. The topological polar surface area (TPSA) is 47.3 Å². The van der Waals surface area contributed by atoms with E-state index in [-0.39, 0.29) is 0 Å². The zero-order valence-corrected chi connectivity index (χ0v) is 10.4. The zero-order valence-electron chi connectivity index (χ0n) is 8.78. The van der Waals surface area contributed by atoms with E-state index in [4.69, 9.17) is 10.6 Å². The summed E-state index contributed by atoms with van der Waals surface area (Å²) in [7, 11) is 0. The molecule has 5 heteroatoms. The third-order valence-corrected chi connectivity index (χ3v) is 5.62. The van der Waals surface area contributed by atoms with Gasteiger partial charge < -0.3 is 4.74 Å². The maximum atomic E-state index is 5.67. The maximum absolute atomic E-state index is 5.67. The van der Waals surface area contributed by atoms with Gasteiger partial charge in [-0.15, -0.1) is 0 Å². The van der Waals surface area contributed by atoms with Gasteiger partial charge in [-0.25, -0.2) is 0 Å². The van der Waals surface area contributed by atoms with Crippen molar-refractivity contribution in [3.63, 3.8) is 0 Å². The summed E-state index contributed by atoms with van der Waals surface area (Å²) in [6.07, 6.45) is 4.15. The number of nitrogens with two attached hydrogens (primary N) is 1. The van der Waals surface area contributed by atoms with E-state index in [9.17, 15) is 0 Å². The molecule has 2 heterocycles. The fourth-order valence-electron chi connectivity index (χ4n) is 1.96. The second kappa shape index (κ2) is 6.03. The quantitative estimate of drug-likeness (QED) is 0.582. The van der Waals surface area contributed by atoms with Gasteiger partial charge in [0.2, 0.25) is 0 Å². The van der Waals surface area contributed by atoms with Gasteiger partial charge in [0.1, 0.15) is 0 Å². The molecule has 2 aliphatic heterocycles. The van der Waals surface area contributed by atoms with E-state index in [1.165, 1.54) is 22.8 Å². The molecule has 1 fully saturated rings. The first-order chi connectivity index (χ1) is 7.42. The number of hydrogen-bond acceptors (Lipinski definition) is 5. The Balaban J connectivity index is 1.98. The van der Waals surface area contributed by atoms with Gasteiger partial charge in [0.15, 0.2) is 0 Å². The molecule has 1 saturated heterocycles. The molecule has 3 N–H and O–H groups in total. The summed E-state index contributed by atoms with van der Waals surface area (Å²) in [4.78, 5) is 0. The molecule has 0 saturated carbocycles. The summed E-state index contributed by atoms with van der Waals surface area (Å²) < 4.78 is 5.38. The number of hydrogen-bond donors (Lipinski definition) is 2. The van der Waals surface area contributed by atoms with E-state index in [1.54, 1.807) is 0 Å². The molecule has 2 aliphatic rings. The number of thioether (sulfide) groups is 2. The fourth-order valence-corrected chi connectivity index (χ4v) is 4.83. The van der Waals surface area contributed by atoms with Crippen molar-refractivity contribution in [1.29, 1.82) is 0 Å². The van der Waals surface area contributed by atoms with Crippen molar-refractivity contribution in [2.45, 2.75) is 24.1 Å². The largest absolute Gasteiger partial charge is 0.501 e. The van der Waals surface area contributed by atoms with Crippen molar-refractivity contribution in [2.24, 2.45) is 5.84 Å². The van der Waals surface area contributed by atoms with Gasteiger partial charge in [-0.3, -0.25) is 11.3 Å². The zero-order chi connectivity index (χ0) is 10.5. The highest BCUT2D eigenvalue weighted by atomic mass is 32.2.